The number of thiophene rings is 1. The second-order valence-electron chi connectivity index (χ2n) is 7.60. The Morgan fingerprint density at radius 1 is 1.28 bits per heavy atom. The first-order valence-corrected chi connectivity index (χ1v) is 12.9. The number of carbonyl (C=O) groups is 3. The largest absolute Gasteiger partial charge is 0.481 e. The highest BCUT2D eigenvalue weighted by Crippen LogP contribution is 2.29. The van der Waals surface area contributed by atoms with Crippen molar-refractivity contribution in [2.45, 2.75) is 22.8 Å². The number of nitro benzene ring substituents is 1. The van der Waals surface area contributed by atoms with Crippen molar-refractivity contribution in [2.75, 3.05) is 19.6 Å². The second-order valence-corrected chi connectivity index (χ2v) is 10.7. The molecule has 1 aliphatic heterocycles. The van der Waals surface area contributed by atoms with Crippen LogP contribution in [0.4, 0.5) is 10.5 Å². The quantitative estimate of drug-likeness (QED) is 0.232. The van der Waals surface area contributed by atoms with Crippen LogP contribution in [0.25, 0.3) is 0 Å². The molecule has 1 fully saturated rings. The number of nitro groups is 1. The van der Waals surface area contributed by atoms with Crippen molar-refractivity contribution >= 4 is 45.0 Å². The third kappa shape index (κ3) is 5.87. The topological polar surface area (TPSA) is 179 Å². The maximum Gasteiger partial charge on any atom is 0.319 e. The lowest BCUT2D eigenvalue weighted by atomic mass is 10.0. The van der Waals surface area contributed by atoms with Crippen LogP contribution in [0.3, 0.4) is 0 Å². The number of aliphatic carboxylic acids is 1. The maximum absolute atomic E-state index is 13.5. The Bertz CT molecular complexity index is 1260. The molecule has 3 amide bonds. The summed E-state index contributed by atoms with van der Waals surface area (Å²) < 4.78 is 27.4. The van der Waals surface area contributed by atoms with Crippen molar-refractivity contribution in [1.82, 2.24) is 19.8 Å². The molecular formula is C21H23N5O8S2. The van der Waals surface area contributed by atoms with E-state index in [0.29, 0.717) is 0 Å². The molecule has 36 heavy (non-hydrogen) atoms. The number of hydrogen-bond donors (Lipinski definition) is 3. The van der Waals surface area contributed by atoms with E-state index in [0.717, 1.165) is 26.6 Å². The maximum atomic E-state index is 13.5. The van der Waals surface area contributed by atoms with Crippen LogP contribution in [0.15, 0.2) is 58.6 Å². The number of benzene rings is 1. The van der Waals surface area contributed by atoms with E-state index in [2.05, 4.69) is 17.2 Å². The standard InChI is InChI=1S/C21H23N5O8S2/c1-2-8-22-21(30)24-9-10-25(36(33,34)18-7-4-11-35-18)20(24)19(29)23-16(13-17(27)28)14-5-3-6-15(12-14)26(31)32/h2-7,11-12,16,20H,1,8-10,13H2,(H,22,30)(H,23,29)(H,27,28). The molecule has 0 aliphatic carbocycles. The van der Waals surface area contributed by atoms with Gasteiger partial charge in [-0.25, -0.2) is 13.2 Å². The predicted octanol–water partition coefficient (Wildman–Crippen LogP) is 1.52. The number of nitrogens with one attached hydrogen (secondary N) is 2. The fourth-order valence-electron chi connectivity index (χ4n) is 3.66. The van der Waals surface area contributed by atoms with Gasteiger partial charge in [0.25, 0.3) is 21.6 Å². The highest BCUT2D eigenvalue weighted by Gasteiger charge is 2.47. The van der Waals surface area contributed by atoms with Crippen molar-refractivity contribution < 1.29 is 32.8 Å². The molecule has 0 spiro atoms. The summed E-state index contributed by atoms with van der Waals surface area (Å²) in [5.41, 5.74) is -0.182. The fourth-order valence-corrected chi connectivity index (χ4v) is 6.32. The normalized spacial score (nSPS) is 16.8. The van der Waals surface area contributed by atoms with Crippen LogP contribution >= 0.6 is 11.3 Å². The number of hydrogen-bond acceptors (Lipinski definition) is 8. The van der Waals surface area contributed by atoms with E-state index in [1.165, 1.54) is 36.4 Å². The van der Waals surface area contributed by atoms with Gasteiger partial charge >= 0.3 is 12.0 Å². The Morgan fingerprint density at radius 3 is 2.64 bits per heavy atom. The number of urea groups is 1. The number of carboxylic acid groups (broad SMARTS) is 1. The molecule has 15 heteroatoms. The third-order valence-corrected chi connectivity index (χ3v) is 8.49. The number of rotatable bonds is 10. The SMILES string of the molecule is C=CCNC(=O)N1CCN(S(=O)(=O)c2cccs2)C1C(=O)NC(CC(=O)O)c1cccc([N+](=O)[O-])c1. The summed E-state index contributed by atoms with van der Waals surface area (Å²) in [6, 6.07) is 6.02. The summed E-state index contributed by atoms with van der Waals surface area (Å²) in [6.45, 7) is 3.28. The van der Waals surface area contributed by atoms with Gasteiger partial charge in [-0.15, -0.1) is 17.9 Å². The highest BCUT2D eigenvalue weighted by molar-refractivity contribution is 7.91. The zero-order chi connectivity index (χ0) is 26.5. The molecule has 1 aromatic heterocycles. The molecule has 2 unspecified atom stereocenters. The van der Waals surface area contributed by atoms with Crippen LogP contribution in [-0.2, 0) is 19.6 Å². The number of non-ortho nitro benzene ring substituents is 1. The molecule has 2 heterocycles. The van der Waals surface area contributed by atoms with Gasteiger partial charge in [0.05, 0.1) is 17.4 Å². The first-order chi connectivity index (χ1) is 17.1. The van der Waals surface area contributed by atoms with E-state index >= 15 is 0 Å². The molecule has 2 atom stereocenters. The molecule has 13 nitrogen and oxygen atoms in total. The molecule has 0 radical (unpaired) electrons. The van der Waals surface area contributed by atoms with Gasteiger partial charge in [0, 0.05) is 31.8 Å². The lowest BCUT2D eigenvalue weighted by Crippen LogP contribution is -2.56. The minimum Gasteiger partial charge on any atom is -0.481 e. The molecule has 2 aromatic rings. The molecule has 0 saturated carbocycles. The van der Waals surface area contributed by atoms with Gasteiger partial charge in [0.15, 0.2) is 6.17 Å². The molecule has 192 valence electrons. The van der Waals surface area contributed by atoms with Gasteiger partial charge in [-0.05, 0) is 17.0 Å². The van der Waals surface area contributed by atoms with E-state index in [1.54, 1.807) is 5.38 Å². The summed E-state index contributed by atoms with van der Waals surface area (Å²) >= 11 is 0.942. The van der Waals surface area contributed by atoms with Crippen molar-refractivity contribution in [2.24, 2.45) is 0 Å². The van der Waals surface area contributed by atoms with Crippen LogP contribution in [0.2, 0.25) is 0 Å². The predicted molar refractivity (Wildman–Crippen MR) is 129 cm³/mol. The monoisotopic (exact) mass is 537 g/mol. The minimum atomic E-state index is -4.17. The molecular weight excluding hydrogens is 514 g/mol. The zero-order valence-corrected chi connectivity index (χ0v) is 20.4. The van der Waals surface area contributed by atoms with Gasteiger partial charge in [-0.3, -0.25) is 24.6 Å². The first kappa shape index (κ1) is 26.8. The van der Waals surface area contributed by atoms with Crippen LogP contribution in [-0.4, -0.2) is 71.4 Å². The van der Waals surface area contributed by atoms with Crippen LogP contribution in [0.5, 0.6) is 0 Å². The summed E-state index contributed by atoms with van der Waals surface area (Å²) in [5, 5.41) is 27.1. The molecule has 0 bridgehead atoms. The summed E-state index contributed by atoms with van der Waals surface area (Å²) in [4.78, 5) is 49.2. The number of amides is 3. The number of carboxylic acids is 1. The van der Waals surface area contributed by atoms with Crippen LogP contribution in [0.1, 0.15) is 18.0 Å². The van der Waals surface area contributed by atoms with Crippen molar-refractivity contribution in [1.29, 1.82) is 0 Å². The smallest absolute Gasteiger partial charge is 0.319 e. The Hall–Kier alpha value is -3.82. The minimum absolute atomic E-state index is 0.0329. The van der Waals surface area contributed by atoms with Crippen molar-refractivity contribution in [3.63, 3.8) is 0 Å². The van der Waals surface area contributed by atoms with E-state index in [-0.39, 0.29) is 35.1 Å². The number of sulfonamides is 1. The molecule has 3 N–H and O–H groups in total. The number of carbonyl (C=O) groups excluding carboxylic acids is 2. The lowest BCUT2D eigenvalue weighted by molar-refractivity contribution is -0.384. The molecule has 1 aromatic carbocycles. The van der Waals surface area contributed by atoms with Gasteiger partial charge < -0.3 is 15.7 Å². The zero-order valence-electron chi connectivity index (χ0n) is 18.8. The van der Waals surface area contributed by atoms with E-state index in [1.807, 2.05) is 0 Å². The van der Waals surface area contributed by atoms with Gasteiger partial charge in [-0.2, -0.15) is 4.31 Å². The molecule has 3 rings (SSSR count). The third-order valence-electron chi connectivity index (χ3n) is 5.26. The van der Waals surface area contributed by atoms with Crippen LogP contribution < -0.4 is 10.6 Å². The number of nitrogens with zero attached hydrogens (tertiary/aromatic N) is 3. The Morgan fingerprint density at radius 2 is 2.03 bits per heavy atom. The van der Waals surface area contributed by atoms with Crippen LogP contribution in [0, 0.1) is 10.1 Å². The van der Waals surface area contributed by atoms with Gasteiger partial charge in [0.1, 0.15) is 4.21 Å². The highest BCUT2D eigenvalue weighted by atomic mass is 32.2. The average molecular weight is 538 g/mol. The molecule has 1 aliphatic rings. The van der Waals surface area contributed by atoms with E-state index in [9.17, 15) is 38.0 Å². The fraction of sp³-hybridized carbons (Fsp3) is 0.286. The second kappa shape index (κ2) is 11.3. The van der Waals surface area contributed by atoms with Gasteiger partial charge in [-0.1, -0.05) is 24.3 Å². The summed E-state index contributed by atoms with van der Waals surface area (Å²) in [7, 11) is -4.17. The van der Waals surface area contributed by atoms with Gasteiger partial charge in [0.2, 0.25) is 0 Å². The first-order valence-electron chi connectivity index (χ1n) is 10.5. The Labute approximate surface area is 210 Å². The molecule has 1 saturated heterocycles. The lowest BCUT2D eigenvalue weighted by Gasteiger charge is -2.30. The summed E-state index contributed by atoms with van der Waals surface area (Å²) in [6.07, 6.45) is -0.856. The Kier molecular flexibility index (Phi) is 8.39. The Balaban J connectivity index is 1.97. The van der Waals surface area contributed by atoms with E-state index in [4.69, 9.17) is 0 Å². The van der Waals surface area contributed by atoms with Crippen molar-refractivity contribution in [3.05, 3.63) is 70.1 Å². The summed E-state index contributed by atoms with van der Waals surface area (Å²) in [5.74, 6) is -2.26. The van der Waals surface area contributed by atoms with Crippen molar-refractivity contribution in [3.8, 4) is 0 Å². The average Bonchev–Trinajstić information content (AvgIpc) is 3.53. The van der Waals surface area contributed by atoms with E-state index < -0.39 is 51.5 Å².